The number of sulfonamides is 1. The molecule has 174 valence electrons. The van der Waals surface area contributed by atoms with Crippen LogP contribution in [0.25, 0.3) is 0 Å². The molecule has 3 rings (SSSR count). The van der Waals surface area contributed by atoms with E-state index in [1.165, 1.54) is 12.8 Å². The number of nitrogens with one attached hydrogen (secondary N) is 1. The van der Waals surface area contributed by atoms with Gasteiger partial charge in [-0.15, -0.1) is 0 Å². The molecule has 31 heavy (non-hydrogen) atoms. The number of likely N-dealkylation sites (N-methyl/N-ethyl adjacent to an activating group) is 1. The van der Waals surface area contributed by atoms with E-state index in [0.29, 0.717) is 30.2 Å². The Labute approximate surface area is 185 Å². The number of anilines is 1. The van der Waals surface area contributed by atoms with Crippen molar-refractivity contribution in [2.24, 2.45) is 11.8 Å². The van der Waals surface area contributed by atoms with Gasteiger partial charge in [0.2, 0.25) is 10.0 Å². The van der Waals surface area contributed by atoms with Crippen LogP contribution in [0.15, 0.2) is 18.2 Å². The molecule has 9 heteroatoms. The molecule has 1 fully saturated rings. The zero-order valence-corrected chi connectivity index (χ0v) is 19.9. The number of ether oxygens (including phenoxy) is 2. The van der Waals surface area contributed by atoms with E-state index in [9.17, 15) is 13.2 Å². The number of hydrogen-bond donors (Lipinski definition) is 1. The van der Waals surface area contributed by atoms with E-state index in [1.807, 2.05) is 0 Å². The number of carbonyl (C=O) groups excluding carboxylic acids is 1. The van der Waals surface area contributed by atoms with Gasteiger partial charge in [0.05, 0.1) is 17.9 Å². The quantitative estimate of drug-likeness (QED) is 0.736. The van der Waals surface area contributed by atoms with Gasteiger partial charge in [0, 0.05) is 45.5 Å². The number of amides is 1. The van der Waals surface area contributed by atoms with Gasteiger partial charge in [0.15, 0.2) is 0 Å². The van der Waals surface area contributed by atoms with Gasteiger partial charge in [-0.1, -0.05) is 6.92 Å². The molecule has 1 aliphatic carbocycles. The molecular weight excluding hydrogens is 418 g/mol. The van der Waals surface area contributed by atoms with Crippen LogP contribution in [0.2, 0.25) is 0 Å². The summed E-state index contributed by atoms with van der Waals surface area (Å²) in [5.74, 6) is 1.21. The fraction of sp³-hybridized carbons (Fsp3) is 0.682. The largest absolute Gasteiger partial charge is 0.491 e. The highest BCUT2D eigenvalue weighted by atomic mass is 32.2. The molecule has 1 aromatic carbocycles. The normalized spacial score (nSPS) is 26.4. The van der Waals surface area contributed by atoms with E-state index in [-0.39, 0.29) is 24.0 Å². The number of carbonyl (C=O) groups is 1. The van der Waals surface area contributed by atoms with E-state index in [2.05, 4.69) is 23.5 Å². The first-order valence-corrected chi connectivity index (χ1v) is 12.7. The maximum atomic E-state index is 13.2. The average molecular weight is 454 g/mol. The first kappa shape index (κ1) is 23.8. The number of fused-ring (bicyclic) bond motifs is 1. The number of nitrogens with zero attached hydrogens (tertiary/aromatic N) is 2. The van der Waals surface area contributed by atoms with Crippen molar-refractivity contribution in [2.45, 2.75) is 38.8 Å². The van der Waals surface area contributed by atoms with Crippen molar-refractivity contribution in [1.82, 2.24) is 9.80 Å². The maximum absolute atomic E-state index is 13.2. The number of benzene rings is 1. The molecule has 0 unspecified atom stereocenters. The fourth-order valence-corrected chi connectivity index (χ4v) is 4.57. The molecule has 1 aromatic rings. The van der Waals surface area contributed by atoms with E-state index in [4.69, 9.17) is 9.47 Å². The molecule has 0 radical (unpaired) electrons. The minimum absolute atomic E-state index is 0.107. The summed E-state index contributed by atoms with van der Waals surface area (Å²) in [7, 11) is -0.0391. The molecule has 8 nitrogen and oxygen atoms in total. The van der Waals surface area contributed by atoms with E-state index < -0.39 is 10.0 Å². The van der Waals surface area contributed by atoms with Gasteiger partial charge in [-0.3, -0.25) is 14.4 Å². The Morgan fingerprint density at radius 3 is 2.55 bits per heavy atom. The Balaban J connectivity index is 1.93. The second kappa shape index (κ2) is 9.75. The number of methoxy groups -OCH3 is 1. The Morgan fingerprint density at radius 1 is 1.23 bits per heavy atom. The van der Waals surface area contributed by atoms with E-state index in [0.717, 1.165) is 25.3 Å². The minimum Gasteiger partial charge on any atom is -0.491 e. The summed E-state index contributed by atoms with van der Waals surface area (Å²) in [6.45, 7) is 7.12. The highest BCUT2D eigenvalue weighted by molar-refractivity contribution is 7.92. The summed E-state index contributed by atoms with van der Waals surface area (Å²) in [6, 6.07) is 4.99. The van der Waals surface area contributed by atoms with Gasteiger partial charge >= 0.3 is 0 Å². The summed E-state index contributed by atoms with van der Waals surface area (Å²) in [5, 5.41) is 0. The standard InChI is InChI=1S/C22H35N3O5S/c1-15-11-25(12-17-6-7-17)16(2)14-30-20-9-8-18(23-31(5,27)28)10-19(20)22(26)24(3)13-21(15)29-4/h8-10,15-17,21,23H,6-7,11-14H2,1-5H3/t15-,16-,21+/m1/s1. The molecule has 0 spiro atoms. The van der Waals surface area contributed by atoms with E-state index >= 15 is 0 Å². The van der Waals surface area contributed by atoms with Crippen LogP contribution in [0.4, 0.5) is 5.69 Å². The first-order valence-electron chi connectivity index (χ1n) is 10.8. The molecule has 2 aliphatic rings. The Kier molecular flexibility index (Phi) is 7.49. The topological polar surface area (TPSA) is 88.2 Å². The average Bonchev–Trinajstić information content (AvgIpc) is 3.51. The van der Waals surface area contributed by atoms with Crippen LogP contribution in [-0.4, -0.2) is 82.9 Å². The van der Waals surface area contributed by atoms with Gasteiger partial charge in [-0.05, 0) is 49.8 Å². The van der Waals surface area contributed by atoms with Gasteiger partial charge in [0.1, 0.15) is 12.4 Å². The lowest BCUT2D eigenvalue weighted by molar-refractivity contribution is 0.00994. The number of rotatable bonds is 5. The maximum Gasteiger partial charge on any atom is 0.257 e. The Morgan fingerprint density at radius 2 is 1.94 bits per heavy atom. The summed E-state index contributed by atoms with van der Waals surface area (Å²) in [5.41, 5.74) is 0.666. The van der Waals surface area contributed by atoms with Crippen molar-refractivity contribution < 1.29 is 22.7 Å². The molecule has 1 amide bonds. The molecule has 0 saturated heterocycles. The van der Waals surface area contributed by atoms with Crippen molar-refractivity contribution in [3.05, 3.63) is 23.8 Å². The van der Waals surface area contributed by atoms with Crippen LogP contribution in [0, 0.1) is 11.8 Å². The van der Waals surface area contributed by atoms with Crippen molar-refractivity contribution in [1.29, 1.82) is 0 Å². The van der Waals surface area contributed by atoms with Gasteiger partial charge in [-0.2, -0.15) is 0 Å². The highest BCUT2D eigenvalue weighted by Crippen LogP contribution is 2.32. The second-order valence-corrected chi connectivity index (χ2v) is 10.8. The van der Waals surface area contributed by atoms with Gasteiger partial charge in [-0.25, -0.2) is 8.42 Å². The number of hydrogen-bond acceptors (Lipinski definition) is 6. The smallest absolute Gasteiger partial charge is 0.257 e. The van der Waals surface area contributed by atoms with E-state index in [1.54, 1.807) is 37.3 Å². The molecular formula is C22H35N3O5S. The summed E-state index contributed by atoms with van der Waals surface area (Å²) >= 11 is 0. The molecule has 3 atom stereocenters. The lowest BCUT2D eigenvalue weighted by Crippen LogP contribution is -2.47. The monoisotopic (exact) mass is 453 g/mol. The van der Waals surface area contributed by atoms with Crippen molar-refractivity contribution in [3.8, 4) is 5.75 Å². The van der Waals surface area contributed by atoms with Crippen LogP contribution >= 0.6 is 0 Å². The molecule has 0 bridgehead atoms. The lowest BCUT2D eigenvalue weighted by atomic mass is 10.0. The summed E-state index contributed by atoms with van der Waals surface area (Å²) < 4.78 is 37.6. The van der Waals surface area contributed by atoms with Crippen LogP contribution < -0.4 is 9.46 Å². The highest BCUT2D eigenvalue weighted by Gasteiger charge is 2.31. The zero-order valence-electron chi connectivity index (χ0n) is 19.1. The Bertz CT molecular complexity index is 887. The van der Waals surface area contributed by atoms with Crippen LogP contribution in [-0.2, 0) is 14.8 Å². The summed E-state index contributed by atoms with van der Waals surface area (Å²) in [6.07, 6.45) is 3.53. The third-order valence-electron chi connectivity index (χ3n) is 6.07. The van der Waals surface area contributed by atoms with Crippen LogP contribution in [0.5, 0.6) is 5.75 Å². The van der Waals surface area contributed by atoms with Gasteiger partial charge in [0.25, 0.3) is 5.91 Å². The molecule has 1 heterocycles. The molecule has 1 aliphatic heterocycles. The molecule has 1 saturated carbocycles. The third kappa shape index (κ3) is 6.57. The molecule has 0 aromatic heterocycles. The SMILES string of the molecule is CO[C@H]1CN(C)C(=O)c2cc(NS(C)(=O)=O)ccc2OC[C@@H](C)N(CC2CC2)C[C@H]1C. The van der Waals surface area contributed by atoms with Crippen LogP contribution in [0.1, 0.15) is 37.0 Å². The van der Waals surface area contributed by atoms with Crippen molar-refractivity contribution in [2.75, 3.05) is 51.4 Å². The zero-order chi connectivity index (χ0) is 22.8. The van der Waals surface area contributed by atoms with Crippen molar-refractivity contribution >= 4 is 21.6 Å². The van der Waals surface area contributed by atoms with Gasteiger partial charge < -0.3 is 14.4 Å². The Hall–Kier alpha value is -1.84. The predicted octanol–water partition coefficient (Wildman–Crippen LogP) is 2.27. The van der Waals surface area contributed by atoms with Crippen molar-refractivity contribution in [3.63, 3.8) is 0 Å². The third-order valence-corrected chi connectivity index (χ3v) is 6.67. The predicted molar refractivity (Wildman–Crippen MR) is 121 cm³/mol. The second-order valence-electron chi connectivity index (χ2n) is 9.08. The summed E-state index contributed by atoms with van der Waals surface area (Å²) in [4.78, 5) is 17.3. The lowest BCUT2D eigenvalue weighted by Gasteiger charge is -2.36. The minimum atomic E-state index is -3.46. The molecule has 1 N–H and O–H groups in total. The van der Waals surface area contributed by atoms with Crippen LogP contribution in [0.3, 0.4) is 0 Å². The fourth-order valence-electron chi connectivity index (χ4n) is 4.02. The first-order chi connectivity index (χ1) is 14.6.